The minimum absolute atomic E-state index is 0.133. The molecule has 6 heteroatoms. The van der Waals surface area contributed by atoms with Crippen LogP contribution < -0.4 is 0 Å². The van der Waals surface area contributed by atoms with Crippen LogP contribution in [0.15, 0.2) is 21.2 Å². The Morgan fingerprint density at radius 2 is 2.16 bits per heavy atom. The molecule has 0 bridgehead atoms. The molecule has 2 aromatic heterocycles. The molecular formula is C19H24N2O3S. The molecular weight excluding hydrogens is 336 g/mol. The Labute approximate surface area is 152 Å². The van der Waals surface area contributed by atoms with Gasteiger partial charge in [-0.1, -0.05) is 0 Å². The van der Waals surface area contributed by atoms with Crippen LogP contribution in [-0.4, -0.2) is 41.6 Å². The van der Waals surface area contributed by atoms with Gasteiger partial charge in [0.25, 0.3) is 0 Å². The lowest BCUT2D eigenvalue weighted by atomic mass is 10.1. The number of thiophene rings is 1. The molecule has 1 aliphatic carbocycles. The van der Waals surface area contributed by atoms with E-state index in [1.807, 2.05) is 28.7 Å². The highest BCUT2D eigenvalue weighted by molar-refractivity contribution is 7.08. The smallest absolute Gasteiger partial charge is 0.228 e. The van der Waals surface area contributed by atoms with Gasteiger partial charge < -0.3 is 14.1 Å². The number of oxazole rings is 1. The molecule has 5 nitrogen and oxygen atoms in total. The summed E-state index contributed by atoms with van der Waals surface area (Å²) >= 11 is 1.61. The molecule has 25 heavy (non-hydrogen) atoms. The highest BCUT2D eigenvalue weighted by Crippen LogP contribution is 2.30. The first-order valence-electron chi connectivity index (χ1n) is 9.07. The molecule has 3 heterocycles. The third-order valence-corrected chi connectivity index (χ3v) is 5.72. The fourth-order valence-electron chi connectivity index (χ4n) is 3.19. The Morgan fingerprint density at radius 1 is 1.36 bits per heavy atom. The minimum atomic E-state index is 0.133. The zero-order valence-electron chi connectivity index (χ0n) is 14.6. The second-order valence-electron chi connectivity index (χ2n) is 7.07. The van der Waals surface area contributed by atoms with E-state index < -0.39 is 0 Å². The average Bonchev–Trinajstić information content (AvgIpc) is 3.14. The zero-order valence-corrected chi connectivity index (χ0v) is 15.4. The van der Waals surface area contributed by atoms with Gasteiger partial charge in [-0.05, 0) is 50.0 Å². The maximum Gasteiger partial charge on any atom is 0.228 e. The number of carbonyl (C=O) groups excluding carboxylic acids is 1. The van der Waals surface area contributed by atoms with E-state index in [-0.39, 0.29) is 5.91 Å². The van der Waals surface area contributed by atoms with Gasteiger partial charge in [-0.3, -0.25) is 4.79 Å². The normalized spacial score (nSPS) is 18.7. The van der Waals surface area contributed by atoms with Gasteiger partial charge in [-0.15, -0.1) is 0 Å². The number of carbonyl (C=O) groups is 1. The van der Waals surface area contributed by atoms with Gasteiger partial charge in [0.15, 0.2) is 0 Å². The van der Waals surface area contributed by atoms with Gasteiger partial charge in [0.1, 0.15) is 5.76 Å². The van der Waals surface area contributed by atoms with Crippen LogP contribution >= 0.6 is 11.3 Å². The first-order chi connectivity index (χ1) is 12.2. The maximum absolute atomic E-state index is 12.6. The molecule has 2 aliphatic rings. The highest BCUT2D eigenvalue weighted by Gasteiger charge is 2.27. The molecule has 1 saturated carbocycles. The number of hydrogen-bond donors (Lipinski definition) is 0. The summed E-state index contributed by atoms with van der Waals surface area (Å²) in [6.45, 7) is 4.34. The van der Waals surface area contributed by atoms with Crippen LogP contribution in [0.5, 0.6) is 0 Å². The van der Waals surface area contributed by atoms with Gasteiger partial charge in [-0.25, -0.2) is 4.98 Å². The van der Waals surface area contributed by atoms with Crippen LogP contribution in [0.2, 0.25) is 0 Å². The molecule has 1 saturated heterocycles. The number of nitrogens with zero attached hydrogens (tertiary/aromatic N) is 2. The second-order valence-corrected chi connectivity index (χ2v) is 7.85. The average molecular weight is 360 g/mol. The van der Waals surface area contributed by atoms with Crippen LogP contribution in [0.1, 0.15) is 37.1 Å². The largest absolute Gasteiger partial charge is 0.441 e. The Morgan fingerprint density at radius 3 is 2.84 bits per heavy atom. The van der Waals surface area contributed by atoms with Crippen molar-refractivity contribution in [2.75, 3.05) is 19.7 Å². The third-order valence-electron chi connectivity index (χ3n) is 5.04. The van der Waals surface area contributed by atoms with Crippen LogP contribution in [0.25, 0.3) is 11.5 Å². The maximum atomic E-state index is 12.6. The lowest BCUT2D eigenvalue weighted by Gasteiger charge is -2.32. The fraction of sp³-hybridized carbons (Fsp3) is 0.579. The third kappa shape index (κ3) is 4.12. The molecule has 1 amide bonds. The van der Waals surface area contributed by atoms with E-state index in [0.29, 0.717) is 18.4 Å². The number of hydrogen-bond acceptors (Lipinski definition) is 5. The number of piperidine rings is 1. The number of aromatic nitrogens is 1. The standard InChI is InChI=1S/C19H24N2O3S/c1-13-17(20-19(24-13)15-6-9-25-12-15)10-18(22)21-7-4-16(5-8-21)23-11-14-2-3-14/h6,9,12,14,16H,2-5,7-8,10-11H2,1H3. The Kier molecular flexibility index (Phi) is 4.90. The topological polar surface area (TPSA) is 55.6 Å². The monoisotopic (exact) mass is 360 g/mol. The zero-order chi connectivity index (χ0) is 17.2. The van der Waals surface area contributed by atoms with Crippen molar-refractivity contribution >= 4 is 17.2 Å². The first kappa shape index (κ1) is 16.8. The first-order valence-corrected chi connectivity index (χ1v) is 10.0. The fourth-order valence-corrected chi connectivity index (χ4v) is 3.82. The quantitative estimate of drug-likeness (QED) is 0.789. The van der Waals surface area contributed by atoms with Crippen molar-refractivity contribution in [3.8, 4) is 11.5 Å². The lowest BCUT2D eigenvalue weighted by molar-refractivity contribution is -0.133. The van der Waals surface area contributed by atoms with Crippen molar-refractivity contribution in [2.24, 2.45) is 5.92 Å². The van der Waals surface area contributed by atoms with E-state index in [0.717, 1.165) is 55.5 Å². The molecule has 0 atom stereocenters. The SMILES string of the molecule is Cc1oc(-c2ccsc2)nc1CC(=O)N1CCC(OCC2CC2)CC1. The van der Waals surface area contributed by atoms with Gasteiger partial charge >= 0.3 is 0 Å². The van der Waals surface area contributed by atoms with Crippen molar-refractivity contribution in [3.63, 3.8) is 0 Å². The Balaban J connectivity index is 1.30. The van der Waals surface area contributed by atoms with E-state index >= 15 is 0 Å². The predicted molar refractivity (Wildman–Crippen MR) is 96.5 cm³/mol. The van der Waals surface area contributed by atoms with Crippen molar-refractivity contribution in [1.82, 2.24) is 9.88 Å². The minimum Gasteiger partial charge on any atom is -0.441 e. The van der Waals surface area contributed by atoms with Crippen molar-refractivity contribution in [2.45, 2.75) is 45.1 Å². The van der Waals surface area contributed by atoms with Crippen LogP contribution in [0.4, 0.5) is 0 Å². The summed E-state index contributed by atoms with van der Waals surface area (Å²) in [7, 11) is 0. The molecule has 0 radical (unpaired) electrons. The summed E-state index contributed by atoms with van der Waals surface area (Å²) in [5.41, 5.74) is 1.72. The second kappa shape index (κ2) is 7.30. The van der Waals surface area contributed by atoms with Gasteiger partial charge in [0.05, 0.1) is 18.2 Å². The van der Waals surface area contributed by atoms with Gasteiger partial charge in [-0.2, -0.15) is 11.3 Å². The highest BCUT2D eigenvalue weighted by atomic mass is 32.1. The number of ether oxygens (including phenoxy) is 1. The van der Waals surface area contributed by atoms with Crippen LogP contribution in [0, 0.1) is 12.8 Å². The van der Waals surface area contributed by atoms with E-state index in [1.54, 1.807) is 11.3 Å². The summed E-state index contributed by atoms with van der Waals surface area (Å²) < 4.78 is 11.7. The van der Waals surface area contributed by atoms with E-state index in [4.69, 9.17) is 9.15 Å². The van der Waals surface area contributed by atoms with Gasteiger partial charge in [0, 0.05) is 30.6 Å². The molecule has 0 aromatic carbocycles. The van der Waals surface area contributed by atoms with Crippen LogP contribution in [-0.2, 0) is 16.0 Å². The number of rotatable bonds is 6. The predicted octanol–water partition coefficient (Wildman–Crippen LogP) is 3.67. The molecule has 0 N–H and O–H groups in total. The summed E-state index contributed by atoms with van der Waals surface area (Å²) in [4.78, 5) is 19.1. The molecule has 134 valence electrons. The van der Waals surface area contributed by atoms with Crippen molar-refractivity contribution in [1.29, 1.82) is 0 Å². The van der Waals surface area contributed by atoms with Crippen molar-refractivity contribution in [3.05, 3.63) is 28.3 Å². The molecule has 2 fully saturated rings. The van der Waals surface area contributed by atoms with Gasteiger partial charge in [0.2, 0.25) is 11.8 Å². The van der Waals surface area contributed by atoms with E-state index in [9.17, 15) is 4.79 Å². The molecule has 1 aliphatic heterocycles. The summed E-state index contributed by atoms with van der Waals surface area (Å²) in [5.74, 6) is 2.27. The number of amides is 1. The van der Waals surface area contributed by atoms with Crippen molar-refractivity contribution < 1.29 is 13.9 Å². The molecule has 4 rings (SSSR count). The van der Waals surface area contributed by atoms with E-state index in [1.165, 1.54) is 12.8 Å². The summed E-state index contributed by atoms with van der Waals surface area (Å²) in [6.07, 6.45) is 5.16. The number of aryl methyl sites for hydroxylation is 1. The molecule has 0 spiro atoms. The lowest BCUT2D eigenvalue weighted by Crippen LogP contribution is -2.41. The van der Waals surface area contributed by atoms with Crippen LogP contribution in [0.3, 0.4) is 0 Å². The number of likely N-dealkylation sites (tertiary alicyclic amines) is 1. The Hall–Kier alpha value is -1.66. The molecule has 0 unspecified atom stereocenters. The Bertz CT molecular complexity index is 713. The molecule has 2 aromatic rings. The summed E-state index contributed by atoms with van der Waals surface area (Å²) in [6, 6.07) is 1.98. The summed E-state index contributed by atoms with van der Waals surface area (Å²) in [5, 5.41) is 4.00. The van der Waals surface area contributed by atoms with E-state index in [2.05, 4.69) is 4.98 Å².